The first-order chi connectivity index (χ1) is 26.2. The van der Waals surface area contributed by atoms with Gasteiger partial charge in [0.2, 0.25) is 5.89 Å². The summed E-state index contributed by atoms with van der Waals surface area (Å²) in [5, 5.41) is 4.33. The molecular weight excluding hydrogens is 649 g/mol. The van der Waals surface area contributed by atoms with Crippen molar-refractivity contribution in [1.29, 1.82) is 0 Å². The van der Waals surface area contributed by atoms with Gasteiger partial charge in [0.1, 0.15) is 5.52 Å². The Bertz CT molecular complexity index is 2950. The first-order valence-corrected chi connectivity index (χ1v) is 17.6. The van der Waals surface area contributed by atoms with Gasteiger partial charge in [-0.2, -0.15) is 0 Å². The lowest BCUT2D eigenvalue weighted by Crippen LogP contribution is -2.00. The number of hydrogen-bond donors (Lipinski definition) is 0. The molecule has 0 saturated carbocycles. The Hall–Kier alpha value is -7.24. The minimum atomic E-state index is 0.562. The zero-order valence-electron chi connectivity index (χ0n) is 28.5. The van der Waals surface area contributed by atoms with Crippen LogP contribution in [0.1, 0.15) is 0 Å². The summed E-state index contributed by atoms with van der Waals surface area (Å²) in [6.07, 6.45) is 0. The second-order valence-electron chi connectivity index (χ2n) is 13.1. The van der Waals surface area contributed by atoms with E-state index in [2.05, 4.69) is 109 Å². The van der Waals surface area contributed by atoms with E-state index in [1.165, 1.54) is 10.8 Å². The van der Waals surface area contributed by atoms with Gasteiger partial charge in [0, 0.05) is 27.6 Å². The molecule has 0 saturated heterocycles. The molecule has 0 spiro atoms. The molecule has 0 atom stereocenters. The van der Waals surface area contributed by atoms with Crippen molar-refractivity contribution in [3.63, 3.8) is 0 Å². The smallest absolute Gasteiger partial charge is 0.227 e. The SMILES string of the molecule is c1ccc(-c2cccc(-c3nc4ccc5cccc(-c6nc(-c7ccccc7)nc(-c7cccc(-c8ccc9ccccc9c8)c7)n6)c5c4o3)c2)cc1. The maximum atomic E-state index is 6.66. The fraction of sp³-hybridized carbons (Fsp3) is 0. The quantitative estimate of drug-likeness (QED) is 0.175. The van der Waals surface area contributed by atoms with Gasteiger partial charge < -0.3 is 4.42 Å². The maximum Gasteiger partial charge on any atom is 0.227 e. The van der Waals surface area contributed by atoms with Crippen LogP contribution >= 0.6 is 0 Å². The third-order valence-electron chi connectivity index (χ3n) is 9.73. The molecule has 5 heteroatoms. The molecule has 0 amide bonds. The average Bonchev–Trinajstić information content (AvgIpc) is 3.69. The third kappa shape index (κ3) is 5.71. The van der Waals surface area contributed by atoms with Crippen LogP contribution in [0.25, 0.3) is 101 Å². The van der Waals surface area contributed by atoms with E-state index in [1.54, 1.807) is 0 Å². The molecule has 248 valence electrons. The molecule has 0 unspecified atom stereocenters. The number of fused-ring (bicyclic) bond motifs is 4. The van der Waals surface area contributed by atoms with E-state index in [0.29, 0.717) is 28.9 Å². The summed E-state index contributed by atoms with van der Waals surface area (Å²) in [7, 11) is 0. The normalized spacial score (nSPS) is 11.4. The minimum absolute atomic E-state index is 0.562. The molecule has 0 aliphatic rings. The Morgan fingerprint density at radius 2 is 0.868 bits per heavy atom. The lowest BCUT2D eigenvalue weighted by Gasteiger charge is -2.11. The summed E-state index contributed by atoms with van der Waals surface area (Å²) in [5.41, 5.74) is 9.51. The van der Waals surface area contributed by atoms with Crippen LogP contribution in [0.4, 0.5) is 0 Å². The molecule has 53 heavy (non-hydrogen) atoms. The minimum Gasteiger partial charge on any atom is -0.435 e. The van der Waals surface area contributed by atoms with Crippen LogP contribution in [0.15, 0.2) is 186 Å². The lowest BCUT2D eigenvalue weighted by atomic mass is 9.99. The van der Waals surface area contributed by atoms with Gasteiger partial charge in [0.05, 0.1) is 0 Å². The van der Waals surface area contributed by atoms with Crippen LogP contribution in [0.5, 0.6) is 0 Å². The van der Waals surface area contributed by atoms with Crippen LogP contribution in [0.3, 0.4) is 0 Å². The zero-order chi connectivity index (χ0) is 35.1. The number of hydrogen-bond acceptors (Lipinski definition) is 5. The van der Waals surface area contributed by atoms with Gasteiger partial charge in [-0.25, -0.2) is 19.9 Å². The second-order valence-corrected chi connectivity index (χ2v) is 13.1. The Morgan fingerprint density at radius 1 is 0.321 bits per heavy atom. The number of aromatic nitrogens is 4. The Labute approximate surface area is 305 Å². The van der Waals surface area contributed by atoms with Gasteiger partial charge in [-0.15, -0.1) is 0 Å². The second kappa shape index (κ2) is 12.8. The molecule has 0 aliphatic carbocycles. The molecule has 10 rings (SSSR count). The molecule has 10 aromatic rings. The van der Waals surface area contributed by atoms with E-state index in [-0.39, 0.29) is 0 Å². The topological polar surface area (TPSA) is 64.7 Å². The predicted molar refractivity (Wildman–Crippen MR) is 215 cm³/mol. The number of rotatable bonds is 6. The van der Waals surface area contributed by atoms with Crippen LogP contribution in [-0.4, -0.2) is 19.9 Å². The standard InChI is InChI=1S/C48H30N4O/c1-3-12-31(13-4-1)36-19-10-22-40(30-36)48-49-42-27-26-33-18-11-23-41(43(33)44(42)53-48)47-51-45(34-15-5-2-6-16-34)50-46(52-47)39-21-9-20-37(29-39)38-25-24-32-14-7-8-17-35(32)28-38/h1-30H. The summed E-state index contributed by atoms with van der Waals surface area (Å²) in [6, 6.07) is 62.4. The largest absolute Gasteiger partial charge is 0.435 e. The summed E-state index contributed by atoms with van der Waals surface area (Å²) in [4.78, 5) is 20.3. The van der Waals surface area contributed by atoms with Crippen molar-refractivity contribution in [3.8, 4) is 67.9 Å². The van der Waals surface area contributed by atoms with Crippen LogP contribution in [-0.2, 0) is 0 Å². The van der Waals surface area contributed by atoms with Gasteiger partial charge in [0.25, 0.3) is 0 Å². The molecule has 2 heterocycles. The summed E-state index contributed by atoms with van der Waals surface area (Å²) < 4.78 is 6.66. The van der Waals surface area contributed by atoms with Crippen LogP contribution in [0, 0.1) is 0 Å². The highest BCUT2D eigenvalue weighted by molar-refractivity contribution is 6.10. The van der Waals surface area contributed by atoms with E-state index in [4.69, 9.17) is 24.4 Å². The summed E-state index contributed by atoms with van der Waals surface area (Å²) in [5.74, 6) is 2.32. The molecule has 0 radical (unpaired) electrons. The number of oxazole rings is 1. The van der Waals surface area contributed by atoms with E-state index < -0.39 is 0 Å². The van der Waals surface area contributed by atoms with Crippen molar-refractivity contribution in [2.45, 2.75) is 0 Å². The van der Waals surface area contributed by atoms with Crippen molar-refractivity contribution in [3.05, 3.63) is 182 Å². The molecule has 8 aromatic carbocycles. The molecule has 2 aromatic heterocycles. The molecule has 0 aliphatic heterocycles. The Balaban J connectivity index is 1.13. The monoisotopic (exact) mass is 678 g/mol. The van der Waals surface area contributed by atoms with Crippen LogP contribution < -0.4 is 0 Å². The average molecular weight is 679 g/mol. The summed E-state index contributed by atoms with van der Waals surface area (Å²) >= 11 is 0. The first kappa shape index (κ1) is 30.6. The van der Waals surface area contributed by atoms with Gasteiger partial charge >= 0.3 is 0 Å². The van der Waals surface area contributed by atoms with Crippen molar-refractivity contribution >= 4 is 32.6 Å². The van der Waals surface area contributed by atoms with Crippen LogP contribution in [0.2, 0.25) is 0 Å². The zero-order valence-corrected chi connectivity index (χ0v) is 28.5. The van der Waals surface area contributed by atoms with E-state index in [9.17, 15) is 0 Å². The third-order valence-corrected chi connectivity index (χ3v) is 9.73. The first-order valence-electron chi connectivity index (χ1n) is 17.6. The van der Waals surface area contributed by atoms with E-state index >= 15 is 0 Å². The van der Waals surface area contributed by atoms with E-state index in [1.807, 2.05) is 72.8 Å². The fourth-order valence-corrected chi connectivity index (χ4v) is 7.08. The molecular formula is C48H30N4O. The summed E-state index contributed by atoms with van der Waals surface area (Å²) in [6.45, 7) is 0. The fourth-order valence-electron chi connectivity index (χ4n) is 7.08. The molecule has 0 bridgehead atoms. The van der Waals surface area contributed by atoms with Crippen molar-refractivity contribution in [2.24, 2.45) is 0 Å². The highest BCUT2D eigenvalue weighted by atomic mass is 16.3. The Kier molecular flexibility index (Phi) is 7.40. The van der Waals surface area contributed by atoms with Gasteiger partial charge in [-0.3, -0.25) is 0 Å². The van der Waals surface area contributed by atoms with Gasteiger partial charge in [0.15, 0.2) is 23.1 Å². The van der Waals surface area contributed by atoms with Crippen molar-refractivity contribution in [1.82, 2.24) is 19.9 Å². The van der Waals surface area contributed by atoms with Gasteiger partial charge in [-0.05, 0) is 68.7 Å². The highest BCUT2D eigenvalue weighted by Crippen LogP contribution is 2.38. The number of benzene rings is 8. The Morgan fingerprint density at radius 3 is 1.68 bits per heavy atom. The van der Waals surface area contributed by atoms with Gasteiger partial charge in [-0.1, -0.05) is 152 Å². The van der Waals surface area contributed by atoms with Crippen molar-refractivity contribution in [2.75, 3.05) is 0 Å². The van der Waals surface area contributed by atoms with Crippen molar-refractivity contribution < 1.29 is 4.42 Å². The lowest BCUT2D eigenvalue weighted by molar-refractivity contribution is 0.623. The maximum absolute atomic E-state index is 6.66. The number of nitrogens with zero attached hydrogens (tertiary/aromatic N) is 4. The van der Waals surface area contributed by atoms with E-state index in [0.717, 1.165) is 60.8 Å². The molecule has 5 nitrogen and oxygen atoms in total. The molecule has 0 N–H and O–H groups in total. The highest BCUT2D eigenvalue weighted by Gasteiger charge is 2.19. The predicted octanol–water partition coefficient (Wildman–Crippen LogP) is 12.3. The molecule has 0 fully saturated rings.